The van der Waals surface area contributed by atoms with Gasteiger partial charge >= 0.3 is 0 Å². The van der Waals surface area contributed by atoms with Crippen molar-refractivity contribution >= 4 is 17.3 Å². The third kappa shape index (κ3) is 3.85. The molecule has 1 amide bonds. The zero-order chi connectivity index (χ0) is 17.0. The Morgan fingerprint density at radius 1 is 1.17 bits per heavy atom. The molecule has 0 radical (unpaired) electrons. The van der Waals surface area contributed by atoms with Gasteiger partial charge in [-0.05, 0) is 29.7 Å². The van der Waals surface area contributed by atoms with E-state index in [1.54, 1.807) is 12.1 Å². The maximum atomic E-state index is 12.3. The number of nitrogens with one attached hydrogen (secondary N) is 1. The summed E-state index contributed by atoms with van der Waals surface area (Å²) >= 11 is 0. The van der Waals surface area contributed by atoms with Crippen LogP contribution in [0.3, 0.4) is 0 Å². The van der Waals surface area contributed by atoms with Crippen molar-refractivity contribution < 1.29 is 14.5 Å². The molecule has 6 nitrogen and oxygen atoms in total. The van der Waals surface area contributed by atoms with Crippen molar-refractivity contribution in [3.8, 4) is 5.75 Å². The molecule has 2 rings (SSSR count). The molecule has 120 valence electrons. The minimum Gasteiger partial charge on any atom is -0.495 e. The number of non-ortho nitro benzene ring substituents is 1. The first-order chi connectivity index (χ1) is 10.9. The molecular weight excluding hydrogens is 296 g/mol. The largest absolute Gasteiger partial charge is 0.495 e. The lowest BCUT2D eigenvalue weighted by atomic mass is 10.0. The number of amides is 1. The molecule has 23 heavy (non-hydrogen) atoms. The summed E-state index contributed by atoms with van der Waals surface area (Å²) in [4.78, 5) is 22.6. The van der Waals surface area contributed by atoms with E-state index in [-0.39, 0.29) is 17.3 Å². The molecule has 0 heterocycles. The molecule has 0 saturated carbocycles. The Hall–Kier alpha value is -2.89. The van der Waals surface area contributed by atoms with Crippen LogP contribution < -0.4 is 10.1 Å². The van der Waals surface area contributed by atoms with Crippen LogP contribution >= 0.6 is 0 Å². The van der Waals surface area contributed by atoms with Crippen LogP contribution in [0, 0.1) is 10.1 Å². The van der Waals surface area contributed by atoms with Crippen LogP contribution in [0.4, 0.5) is 11.4 Å². The van der Waals surface area contributed by atoms with Gasteiger partial charge in [0.05, 0.1) is 17.7 Å². The predicted molar refractivity (Wildman–Crippen MR) is 88.1 cm³/mol. The quantitative estimate of drug-likeness (QED) is 0.668. The van der Waals surface area contributed by atoms with Crippen LogP contribution in [0.25, 0.3) is 0 Å². The molecule has 0 aromatic heterocycles. The topological polar surface area (TPSA) is 81.5 Å². The number of ether oxygens (including phenoxy) is 1. The van der Waals surface area contributed by atoms with Crippen molar-refractivity contribution in [1.29, 1.82) is 0 Å². The predicted octanol–water partition coefficient (Wildman–Crippen LogP) is 3.98. The van der Waals surface area contributed by atoms with Crippen molar-refractivity contribution in [1.82, 2.24) is 0 Å². The van der Waals surface area contributed by atoms with Gasteiger partial charge in [-0.1, -0.05) is 26.0 Å². The molecule has 0 atom stereocenters. The highest BCUT2D eigenvalue weighted by Gasteiger charge is 2.14. The molecule has 2 aromatic carbocycles. The van der Waals surface area contributed by atoms with Crippen molar-refractivity contribution in [3.63, 3.8) is 0 Å². The fourth-order valence-corrected chi connectivity index (χ4v) is 2.12. The second kappa shape index (κ2) is 6.91. The number of benzene rings is 2. The van der Waals surface area contributed by atoms with E-state index in [0.717, 1.165) is 5.56 Å². The molecule has 2 aromatic rings. The highest BCUT2D eigenvalue weighted by Crippen LogP contribution is 2.29. The maximum absolute atomic E-state index is 12.3. The van der Waals surface area contributed by atoms with E-state index in [9.17, 15) is 14.9 Å². The summed E-state index contributed by atoms with van der Waals surface area (Å²) in [7, 11) is 1.44. The normalized spacial score (nSPS) is 10.4. The number of nitro benzene ring substituents is 1. The van der Waals surface area contributed by atoms with Gasteiger partial charge in [-0.2, -0.15) is 0 Å². The van der Waals surface area contributed by atoms with Crippen molar-refractivity contribution in [3.05, 3.63) is 63.7 Å². The Bertz CT molecular complexity index is 724. The summed E-state index contributed by atoms with van der Waals surface area (Å²) in [6.07, 6.45) is 0. The number of hydrogen-bond acceptors (Lipinski definition) is 4. The Balaban J connectivity index is 2.25. The molecule has 0 fully saturated rings. The first-order valence-corrected chi connectivity index (χ1v) is 7.16. The summed E-state index contributed by atoms with van der Waals surface area (Å²) in [5.41, 5.74) is 1.76. The maximum Gasteiger partial charge on any atom is 0.271 e. The average molecular weight is 314 g/mol. The van der Waals surface area contributed by atoms with Gasteiger partial charge in [0.25, 0.3) is 11.6 Å². The molecule has 1 N–H and O–H groups in total. The standard InChI is InChI=1S/C17H18N2O4/c1-11(2)12-4-6-13(7-5-12)17(20)18-15-10-14(19(21)22)8-9-16(15)23-3/h4-11H,1-3H3,(H,18,20). The lowest BCUT2D eigenvalue weighted by molar-refractivity contribution is -0.384. The van der Waals surface area contributed by atoms with Gasteiger partial charge in [0.1, 0.15) is 5.75 Å². The highest BCUT2D eigenvalue weighted by molar-refractivity contribution is 6.05. The van der Waals surface area contributed by atoms with Gasteiger partial charge in [0.15, 0.2) is 0 Å². The SMILES string of the molecule is COc1ccc([N+](=O)[O-])cc1NC(=O)c1ccc(C(C)C)cc1. The molecule has 0 spiro atoms. The molecular formula is C17H18N2O4. The third-order valence-corrected chi connectivity index (χ3v) is 3.48. The second-order valence-corrected chi connectivity index (χ2v) is 5.37. The van der Waals surface area contributed by atoms with E-state index in [2.05, 4.69) is 19.2 Å². The van der Waals surface area contributed by atoms with Crippen LogP contribution in [0.2, 0.25) is 0 Å². The van der Waals surface area contributed by atoms with Crippen LogP contribution in [0.1, 0.15) is 35.7 Å². The zero-order valence-corrected chi connectivity index (χ0v) is 13.2. The van der Waals surface area contributed by atoms with Crippen LogP contribution in [-0.2, 0) is 0 Å². The van der Waals surface area contributed by atoms with Crippen LogP contribution in [-0.4, -0.2) is 17.9 Å². The second-order valence-electron chi connectivity index (χ2n) is 5.37. The summed E-state index contributed by atoms with van der Waals surface area (Å²) in [6.45, 7) is 4.14. The van der Waals surface area contributed by atoms with Gasteiger partial charge in [0.2, 0.25) is 0 Å². The molecule has 0 bridgehead atoms. The number of nitrogens with zero attached hydrogens (tertiary/aromatic N) is 1. The minimum atomic E-state index is -0.521. The number of carbonyl (C=O) groups is 1. The van der Waals surface area contributed by atoms with E-state index in [4.69, 9.17) is 4.74 Å². The van der Waals surface area contributed by atoms with Crippen LogP contribution in [0.15, 0.2) is 42.5 Å². The number of carbonyl (C=O) groups excluding carboxylic acids is 1. The zero-order valence-electron chi connectivity index (χ0n) is 13.2. The lowest BCUT2D eigenvalue weighted by Gasteiger charge is -2.11. The Labute approximate surface area is 134 Å². The van der Waals surface area contributed by atoms with E-state index in [1.807, 2.05) is 12.1 Å². The fourth-order valence-electron chi connectivity index (χ4n) is 2.12. The third-order valence-electron chi connectivity index (χ3n) is 3.48. The number of rotatable bonds is 5. The molecule has 0 aliphatic rings. The highest BCUT2D eigenvalue weighted by atomic mass is 16.6. The van der Waals surface area contributed by atoms with Gasteiger partial charge in [-0.3, -0.25) is 14.9 Å². The molecule has 0 unspecified atom stereocenters. The van der Waals surface area contributed by atoms with Gasteiger partial charge in [-0.25, -0.2) is 0 Å². The molecule has 0 aliphatic carbocycles. The summed E-state index contributed by atoms with van der Waals surface area (Å²) in [5.74, 6) is 0.394. The Morgan fingerprint density at radius 3 is 2.35 bits per heavy atom. The molecule has 0 aliphatic heterocycles. The van der Waals surface area contributed by atoms with Crippen molar-refractivity contribution in [2.45, 2.75) is 19.8 Å². The number of hydrogen-bond donors (Lipinski definition) is 1. The monoisotopic (exact) mass is 314 g/mol. The van der Waals surface area contributed by atoms with Crippen LogP contribution in [0.5, 0.6) is 5.75 Å². The van der Waals surface area contributed by atoms with E-state index in [1.165, 1.54) is 25.3 Å². The molecule has 6 heteroatoms. The van der Waals surface area contributed by atoms with E-state index in [0.29, 0.717) is 17.2 Å². The Kier molecular flexibility index (Phi) is 4.95. The van der Waals surface area contributed by atoms with Crippen molar-refractivity contribution in [2.75, 3.05) is 12.4 Å². The number of nitro groups is 1. The molecule has 0 saturated heterocycles. The fraction of sp³-hybridized carbons (Fsp3) is 0.235. The first-order valence-electron chi connectivity index (χ1n) is 7.16. The van der Waals surface area contributed by atoms with Gasteiger partial charge in [0, 0.05) is 17.7 Å². The summed E-state index contributed by atoms with van der Waals surface area (Å²) < 4.78 is 5.13. The lowest BCUT2D eigenvalue weighted by Crippen LogP contribution is -2.13. The van der Waals surface area contributed by atoms with E-state index >= 15 is 0 Å². The number of anilines is 1. The summed E-state index contributed by atoms with van der Waals surface area (Å²) in [5, 5.41) is 13.5. The van der Waals surface area contributed by atoms with E-state index < -0.39 is 4.92 Å². The number of methoxy groups -OCH3 is 1. The smallest absolute Gasteiger partial charge is 0.271 e. The van der Waals surface area contributed by atoms with Gasteiger partial charge in [-0.15, -0.1) is 0 Å². The van der Waals surface area contributed by atoms with Gasteiger partial charge < -0.3 is 10.1 Å². The first kappa shape index (κ1) is 16.5. The minimum absolute atomic E-state index is 0.115. The Morgan fingerprint density at radius 2 is 1.83 bits per heavy atom. The van der Waals surface area contributed by atoms with Crippen molar-refractivity contribution in [2.24, 2.45) is 0 Å². The summed E-state index contributed by atoms with van der Waals surface area (Å²) in [6, 6.07) is 11.3. The average Bonchev–Trinajstić information content (AvgIpc) is 2.54.